The molecular weight excluding hydrogens is 682 g/mol. The Hall–Kier alpha value is -4.71. The SMILES string of the molecule is CCOc1cc(/C=N\NC(=O)c2ccc(NC(=O)c3sc4cc(Br)ccc4c3Cl)cc2)ccc1OC(=O)c1ccc(OC)cc1. The quantitative estimate of drug-likeness (QED) is 0.0659. The first kappa shape index (κ1) is 31.7. The molecule has 12 heteroatoms. The standard InChI is InChI=1S/C33H25BrClN3O6S/c1-3-43-27-16-19(4-15-26(27)44-33(41)21-7-12-24(42-2)13-8-21)18-36-38-31(39)20-5-10-23(11-6-20)37-32(40)30-29(35)25-14-9-22(34)17-28(25)45-30/h4-18H,3H2,1-2H3,(H,37,40)(H,38,39)/b36-18-. The first-order chi connectivity index (χ1) is 21.7. The number of fused-ring (bicyclic) bond motifs is 1. The van der Waals surface area contributed by atoms with Crippen molar-refractivity contribution in [2.24, 2.45) is 5.10 Å². The Labute approximate surface area is 275 Å². The first-order valence-corrected chi connectivity index (χ1v) is 15.5. The third-order valence-corrected chi connectivity index (χ3v) is 8.53. The fraction of sp³-hybridized carbons (Fsp3) is 0.0909. The number of anilines is 1. The number of amides is 2. The summed E-state index contributed by atoms with van der Waals surface area (Å²) in [5.41, 5.74) is 4.28. The van der Waals surface area contributed by atoms with E-state index < -0.39 is 11.9 Å². The van der Waals surface area contributed by atoms with Crippen molar-refractivity contribution in [3.05, 3.63) is 116 Å². The lowest BCUT2D eigenvalue weighted by molar-refractivity contribution is 0.0728. The molecule has 0 aliphatic carbocycles. The van der Waals surface area contributed by atoms with E-state index in [2.05, 4.69) is 31.8 Å². The van der Waals surface area contributed by atoms with Crippen molar-refractivity contribution >= 4 is 78.6 Å². The molecule has 2 N–H and O–H groups in total. The molecule has 5 aromatic rings. The average Bonchev–Trinajstić information content (AvgIpc) is 3.37. The van der Waals surface area contributed by atoms with Gasteiger partial charge in [0, 0.05) is 25.8 Å². The number of nitrogens with zero attached hydrogens (tertiary/aromatic N) is 1. The molecule has 0 unspecified atom stereocenters. The van der Waals surface area contributed by atoms with Gasteiger partial charge in [-0.2, -0.15) is 5.10 Å². The molecule has 0 atom stereocenters. The van der Waals surface area contributed by atoms with Crippen LogP contribution in [0.5, 0.6) is 17.2 Å². The normalized spacial score (nSPS) is 10.9. The molecule has 0 saturated heterocycles. The second kappa shape index (κ2) is 14.4. The number of ether oxygens (including phenoxy) is 3. The number of methoxy groups -OCH3 is 1. The van der Waals surface area contributed by atoms with E-state index in [0.29, 0.717) is 50.4 Å². The highest BCUT2D eigenvalue weighted by atomic mass is 79.9. The molecule has 0 bridgehead atoms. The number of hydrazone groups is 1. The van der Waals surface area contributed by atoms with Gasteiger partial charge in [0.15, 0.2) is 11.5 Å². The molecule has 5 rings (SSSR count). The second-order valence-electron chi connectivity index (χ2n) is 9.37. The Morgan fingerprint density at radius 1 is 0.911 bits per heavy atom. The highest BCUT2D eigenvalue weighted by molar-refractivity contribution is 9.10. The summed E-state index contributed by atoms with van der Waals surface area (Å²) in [4.78, 5) is 38.5. The van der Waals surface area contributed by atoms with Crippen molar-refractivity contribution < 1.29 is 28.6 Å². The lowest BCUT2D eigenvalue weighted by Crippen LogP contribution is -2.17. The molecule has 1 aromatic heterocycles. The van der Waals surface area contributed by atoms with E-state index in [1.54, 1.807) is 73.8 Å². The van der Waals surface area contributed by atoms with Crippen molar-refractivity contribution in [2.75, 3.05) is 19.0 Å². The average molecular weight is 707 g/mol. The van der Waals surface area contributed by atoms with Crippen LogP contribution in [0, 0.1) is 0 Å². The second-order valence-corrected chi connectivity index (χ2v) is 11.7. The summed E-state index contributed by atoms with van der Waals surface area (Å²) in [5, 5.41) is 8.05. The van der Waals surface area contributed by atoms with Crippen LogP contribution in [0.2, 0.25) is 5.02 Å². The number of esters is 1. The van der Waals surface area contributed by atoms with Crippen LogP contribution in [0.3, 0.4) is 0 Å². The van der Waals surface area contributed by atoms with Gasteiger partial charge in [0.05, 0.1) is 30.5 Å². The Balaban J connectivity index is 1.19. The molecule has 4 aromatic carbocycles. The van der Waals surface area contributed by atoms with Gasteiger partial charge in [-0.15, -0.1) is 11.3 Å². The number of hydrogen-bond acceptors (Lipinski definition) is 8. The van der Waals surface area contributed by atoms with Crippen LogP contribution in [0.15, 0.2) is 94.5 Å². The smallest absolute Gasteiger partial charge is 0.343 e. The van der Waals surface area contributed by atoms with Crippen molar-refractivity contribution in [1.29, 1.82) is 0 Å². The van der Waals surface area contributed by atoms with Gasteiger partial charge in [0.1, 0.15) is 10.6 Å². The van der Waals surface area contributed by atoms with Crippen molar-refractivity contribution in [2.45, 2.75) is 6.92 Å². The fourth-order valence-corrected chi connectivity index (χ4v) is 6.12. The molecule has 9 nitrogen and oxygen atoms in total. The van der Waals surface area contributed by atoms with Crippen LogP contribution in [-0.2, 0) is 0 Å². The maximum Gasteiger partial charge on any atom is 0.343 e. The summed E-state index contributed by atoms with van der Waals surface area (Å²) in [6, 6.07) is 23.5. The van der Waals surface area contributed by atoms with Gasteiger partial charge >= 0.3 is 5.97 Å². The number of thiophene rings is 1. The summed E-state index contributed by atoms with van der Waals surface area (Å²) >= 11 is 11.2. The van der Waals surface area contributed by atoms with E-state index in [-0.39, 0.29) is 11.7 Å². The minimum Gasteiger partial charge on any atom is -0.497 e. The molecule has 0 aliphatic heterocycles. The van der Waals surface area contributed by atoms with Crippen LogP contribution < -0.4 is 25.0 Å². The summed E-state index contributed by atoms with van der Waals surface area (Å²) in [5.74, 6) is -0.119. The number of nitrogens with one attached hydrogen (secondary N) is 2. The molecule has 1 heterocycles. The fourth-order valence-electron chi connectivity index (χ4n) is 4.15. The van der Waals surface area contributed by atoms with Gasteiger partial charge in [0.25, 0.3) is 11.8 Å². The highest BCUT2D eigenvalue weighted by Gasteiger charge is 2.18. The van der Waals surface area contributed by atoms with Gasteiger partial charge in [0.2, 0.25) is 0 Å². The molecule has 0 saturated carbocycles. The monoisotopic (exact) mass is 705 g/mol. The number of rotatable bonds is 10. The van der Waals surface area contributed by atoms with Crippen molar-refractivity contribution in [1.82, 2.24) is 5.43 Å². The molecular formula is C33H25BrClN3O6S. The lowest BCUT2D eigenvalue weighted by atomic mass is 10.2. The van der Waals surface area contributed by atoms with Crippen molar-refractivity contribution in [3.8, 4) is 17.2 Å². The van der Waals surface area contributed by atoms with Gasteiger partial charge in [-0.05, 0) is 91.3 Å². The largest absolute Gasteiger partial charge is 0.497 e. The maximum absolute atomic E-state index is 12.9. The Bertz CT molecular complexity index is 1910. The number of benzene rings is 4. The maximum atomic E-state index is 12.9. The van der Waals surface area contributed by atoms with Gasteiger partial charge in [-0.25, -0.2) is 10.2 Å². The van der Waals surface area contributed by atoms with E-state index in [9.17, 15) is 14.4 Å². The van der Waals surface area contributed by atoms with Crippen LogP contribution >= 0.6 is 38.9 Å². The molecule has 228 valence electrons. The van der Waals surface area contributed by atoms with Crippen LogP contribution in [-0.4, -0.2) is 37.7 Å². The summed E-state index contributed by atoms with van der Waals surface area (Å²) in [6.45, 7) is 2.15. The third-order valence-electron chi connectivity index (χ3n) is 6.38. The summed E-state index contributed by atoms with van der Waals surface area (Å²) in [6.07, 6.45) is 1.44. The third kappa shape index (κ3) is 7.69. The van der Waals surface area contributed by atoms with E-state index in [1.807, 2.05) is 25.1 Å². The zero-order chi connectivity index (χ0) is 31.9. The van der Waals surface area contributed by atoms with Gasteiger partial charge < -0.3 is 19.5 Å². The minimum absolute atomic E-state index is 0.244. The van der Waals surface area contributed by atoms with E-state index in [0.717, 1.165) is 14.6 Å². The topological polar surface area (TPSA) is 115 Å². The van der Waals surface area contributed by atoms with E-state index in [1.165, 1.54) is 17.6 Å². The molecule has 45 heavy (non-hydrogen) atoms. The molecule has 0 aliphatic rings. The highest BCUT2D eigenvalue weighted by Crippen LogP contribution is 2.37. The Morgan fingerprint density at radius 3 is 2.36 bits per heavy atom. The predicted octanol–water partition coefficient (Wildman–Crippen LogP) is 7.96. The van der Waals surface area contributed by atoms with Crippen molar-refractivity contribution in [3.63, 3.8) is 0 Å². The number of halogens is 2. The molecule has 2 amide bonds. The predicted molar refractivity (Wildman–Crippen MR) is 180 cm³/mol. The molecule has 0 radical (unpaired) electrons. The van der Waals surface area contributed by atoms with Gasteiger partial charge in [-0.1, -0.05) is 33.6 Å². The number of carbonyl (C=O) groups excluding carboxylic acids is 3. The molecule has 0 fully saturated rings. The lowest BCUT2D eigenvalue weighted by Gasteiger charge is -2.11. The zero-order valence-corrected chi connectivity index (χ0v) is 27.1. The van der Waals surface area contributed by atoms with Crippen LogP contribution in [0.1, 0.15) is 42.9 Å². The van der Waals surface area contributed by atoms with Crippen LogP contribution in [0.4, 0.5) is 5.69 Å². The van der Waals surface area contributed by atoms with E-state index in [4.69, 9.17) is 25.8 Å². The van der Waals surface area contributed by atoms with Crippen LogP contribution in [0.25, 0.3) is 10.1 Å². The van der Waals surface area contributed by atoms with E-state index >= 15 is 0 Å². The van der Waals surface area contributed by atoms with Gasteiger partial charge in [-0.3, -0.25) is 9.59 Å². The molecule has 0 spiro atoms. The summed E-state index contributed by atoms with van der Waals surface area (Å²) in [7, 11) is 1.54. The number of hydrogen-bond donors (Lipinski definition) is 2. The Kier molecular flexibility index (Phi) is 10.1. The summed E-state index contributed by atoms with van der Waals surface area (Å²) < 4.78 is 18.1. The zero-order valence-electron chi connectivity index (χ0n) is 23.9. The minimum atomic E-state index is -0.546. The first-order valence-electron chi connectivity index (χ1n) is 13.5. The Morgan fingerprint density at radius 2 is 1.64 bits per heavy atom. The number of carbonyl (C=O) groups is 3.